The molecule has 0 unspecified atom stereocenters. The van der Waals surface area contributed by atoms with Crippen molar-refractivity contribution in [1.82, 2.24) is 5.32 Å². The lowest BCUT2D eigenvalue weighted by Crippen LogP contribution is -2.30. The normalized spacial score (nSPS) is 12.1. The minimum Gasteiger partial charge on any atom is -0.370 e. The Balaban J connectivity index is 0. The number of hydrogen-bond donors (Lipinski definition) is 1. The fourth-order valence-corrected chi connectivity index (χ4v) is 2.61. The topological polar surface area (TPSA) is 24.4 Å². The predicted molar refractivity (Wildman–Crippen MR) is 115 cm³/mol. The van der Waals surface area contributed by atoms with Crippen molar-refractivity contribution in [3.05, 3.63) is 67.8 Å². The summed E-state index contributed by atoms with van der Waals surface area (Å²) in [6, 6.07) is 8.48. The summed E-state index contributed by atoms with van der Waals surface area (Å²) < 4.78 is 11.0. The molecule has 1 aliphatic heterocycles. The summed E-state index contributed by atoms with van der Waals surface area (Å²) in [5.41, 5.74) is 1.25. The number of nitrogens with one attached hydrogen (secondary N) is 1. The van der Waals surface area contributed by atoms with Gasteiger partial charge in [-0.05, 0) is 18.2 Å². The predicted octanol–water partition coefficient (Wildman–Crippen LogP) is 6.07. The molecule has 0 amide bonds. The van der Waals surface area contributed by atoms with Crippen LogP contribution in [0, 0.1) is 0 Å². The number of alkyl halides is 1. The van der Waals surface area contributed by atoms with E-state index in [-0.39, 0.29) is 0 Å². The lowest BCUT2D eigenvalue weighted by molar-refractivity contribution is 0.562. The van der Waals surface area contributed by atoms with Crippen LogP contribution >= 0.6 is 11.8 Å². The molecule has 140 valence electrons. The van der Waals surface area contributed by atoms with Crippen LogP contribution in [-0.2, 0) is 0 Å². The largest absolute Gasteiger partial charge is 0.370 e. The van der Waals surface area contributed by atoms with E-state index < -0.39 is 6.67 Å². The van der Waals surface area contributed by atoms with E-state index in [1.165, 1.54) is 16.5 Å². The fraction of sp³-hybridized carbons (Fsp3) is 0.381. The average molecular weight is 365 g/mol. The third kappa shape index (κ3) is 12.2. The number of thioether (sulfide) groups is 1. The second kappa shape index (κ2) is 20.2. The maximum absolute atomic E-state index is 11.0. The molecular formula is C21H33FN2S. The number of hydrogen-bond acceptors (Lipinski definition) is 3. The van der Waals surface area contributed by atoms with Gasteiger partial charge in [-0.1, -0.05) is 63.8 Å². The highest BCUT2D eigenvalue weighted by Gasteiger charge is 2.10. The van der Waals surface area contributed by atoms with Crippen LogP contribution in [0.15, 0.2) is 72.1 Å². The molecule has 2 rings (SSSR count). The Morgan fingerprint density at radius 2 is 1.96 bits per heavy atom. The van der Waals surface area contributed by atoms with Crippen molar-refractivity contribution in [3.8, 4) is 0 Å². The standard InChI is InChI=1S/C12H16N2S.C5H7F.C2H6.C2H4/c1-2-15-11-7-4-3-6-10(11)12-13-8-5-9-14-12;1-2-3-4-5-6;2*1-2/h3-4,6-7H,2,5,8-9H2,1H3,(H,13,14);2-4H,1,5H2;1-2H3;1-2H2/b;4-3-;;. The van der Waals surface area contributed by atoms with Crippen LogP contribution in [0.25, 0.3) is 0 Å². The minimum atomic E-state index is -0.397. The van der Waals surface area contributed by atoms with Gasteiger partial charge in [-0.3, -0.25) is 4.99 Å². The Bertz CT molecular complexity index is 498. The Labute approximate surface area is 158 Å². The highest BCUT2D eigenvalue weighted by molar-refractivity contribution is 7.99. The molecule has 1 N–H and O–H groups in total. The number of nitrogens with zero attached hydrogens (tertiary/aromatic N) is 1. The smallest absolute Gasteiger partial charge is 0.129 e. The summed E-state index contributed by atoms with van der Waals surface area (Å²) in [6.07, 6.45) is 5.65. The second-order valence-electron chi connectivity index (χ2n) is 4.26. The summed E-state index contributed by atoms with van der Waals surface area (Å²) in [6.45, 7) is 17.1. The van der Waals surface area contributed by atoms with Crippen molar-refractivity contribution in [2.45, 2.75) is 32.1 Å². The van der Waals surface area contributed by atoms with E-state index in [2.05, 4.69) is 61.2 Å². The zero-order valence-corrected chi connectivity index (χ0v) is 16.7. The number of allylic oxidation sites excluding steroid dienone is 3. The molecular weight excluding hydrogens is 331 g/mol. The Hall–Kier alpha value is -1.81. The van der Waals surface area contributed by atoms with Gasteiger partial charge < -0.3 is 5.32 Å². The third-order valence-electron chi connectivity index (χ3n) is 2.70. The summed E-state index contributed by atoms with van der Waals surface area (Å²) in [5, 5.41) is 3.37. The van der Waals surface area contributed by atoms with Crippen LogP contribution in [0.2, 0.25) is 0 Å². The van der Waals surface area contributed by atoms with Gasteiger partial charge in [0.05, 0.1) is 0 Å². The molecule has 0 radical (unpaired) electrons. The van der Waals surface area contributed by atoms with E-state index in [0.29, 0.717) is 0 Å². The summed E-state index contributed by atoms with van der Waals surface area (Å²) in [5.74, 6) is 2.17. The number of benzene rings is 1. The van der Waals surface area contributed by atoms with Crippen molar-refractivity contribution in [3.63, 3.8) is 0 Å². The summed E-state index contributed by atoms with van der Waals surface area (Å²) >= 11 is 1.87. The maximum Gasteiger partial charge on any atom is 0.129 e. The zero-order chi connectivity index (χ0) is 19.3. The molecule has 4 heteroatoms. The van der Waals surface area contributed by atoms with Crippen LogP contribution in [0.1, 0.15) is 32.8 Å². The molecule has 1 aromatic carbocycles. The number of rotatable bonds is 5. The van der Waals surface area contributed by atoms with Gasteiger partial charge in [-0.25, -0.2) is 4.39 Å². The maximum atomic E-state index is 11.0. The van der Waals surface area contributed by atoms with E-state index >= 15 is 0 Å². The van der Waals surface area contributed by atoms with Gasteiger partial charge in [0.1, 0.15) is 12.5 Å². The average Bonchev–Trinajstić information content (AvgIpc) is 2.71. The Morgan fingerprint density at radius 1 is 1.28 bits per heavy atom. The van der Waals surface area contributed by atoms with Gasteiger partial charge in [0, 0.05) is 23.5 Å². The molecule has 0 fully saturated rings. The van der Waals surface area contributed by atoms with Gasteiger partial charge in [0.2, 0.25) is 0 Å². The molecule has 1 heterocycles. The van der Waals surface area contributed by atoms with E-state index in [4.69, 9.17) is 0 Å². The van der Waals surface area contributed by atoms with Gasteiger partial charge in [-0.15, -0.1) is 24.9 Å². The summed E-state index contributed by atoms with van der Waals surface area (Å²) in [4.78, 5) is 5.86. The van der Waals surface area contributed by atoms with E-state index in [9.17, 15) is 4.39 Å². The first-order chi connectivity index (χ1) is 12.3. The molecule has 0 spiro atoms. The minimum absolute atomic E-state index is 0.397. The van der Waals surface area contributed by atoms with Crippen molar-refractivity contribution in [2.75, 3.05) is 25.5 Å². The first-order valence-electron chi connectivity index (χ1n) is 8.67. The highest BCUT2D eigenvalue weighted by atomic mass is 32.2. The van der Waals surface area contributed by atoms with Crippen molar-refractivity contribution >= 4 is 17.6 Å². The first kappa shape index (κ1) is 25.4. The molecule has 2 nitrogen and oxygen atoms in total. The first-order valence-corrected chi connectivity index (χ1v) is 9.66. The quantitative estimate of drug-likeness (QED) is 0.390. The molecule has 0 saturated carbocycles. The molecule has 0 aliphatic carbocycles. The van der Waals surface area contributed by atoms with Crippen molar-refractivity contribution < 1.29 is 4.39 Å². The van der Waals surface area contributed by atoms with Crippen LogP contribution < -0.4 is 5.32 Å². The second-order valence-corrected chi connectivity index (χ2v) is 5.56. The lowest BCUT2D eigenvalue weighted by Gasteiger charge is -2.16. The highest BCUT2D eigenvalue weighted by Crippen LogP contribution is 2.22. The number of amidine groups is 1. The monoisotopic (exact) mass is 364 g/mol. The molecule has 0 aromatic heterocycles. The number of halogens is 1. The Kier molecular flexibility index (Phi) is 20.6. The van der Waals surface area contributed by atoms with Crippen LogP contribution in [0.4, 0.5) is 4.39 Å². The van der Waals surface area contributed by atoms with Crippen molar-refractivity contribution in [2.24, 2.45) is 4.99 Å². The van der Waals surface area contributed by atoms with Gasteiger partial charge >= 0.3 is 0 Å². The molecule has 1 aromatic rings. The Morgan fingerprint density at radius 3 is 2.44 bits per heavy atom. The third-order valence-corrected chi connectivity index (χ3v) is 3.66. The van der Waals surface area contributed by atoms with Crippen molar-refractivity contribution in [1.29, 1.82) is 0 Å². The van der Waals surface area contributed by atoms with Crippen LogP contribution in [-0.4, -0.2) is 31.4 Å². The summed E-state index contributed by atoms with van der Waals surface area (Å²) in [7, 11) is 0. The fourth-order valence-electron chi connectivity index (χ4n) is 1.80. The zero-order valence-electron chi connectivity index (χ0n) is 15.9. The SMILES string of the molecule is C=C.C=C/C=C\CF.CC.CCSc1ccccc1C1=NCCCN1. The molecule has 0 bridgehead atoms. The molecule has 0 atom stereocenters. The molecule has 25 heavy (non-hydrogen) atoms. The molecule has 0 saturated heterocycles. The molecule has 1 aliphatic rings. The van der Waals surface area contributed by atoms with Gasteiger partial charge in [0.25, 0.3) is 0 Å². The lowest BCUT2D eigenvalue weighted by atomic mass is 10.2. The van der Waals surface area contributed by atoms with E-state index in [1.807, 2.05) is 25.6 Å². The van der Waals surface area contributed by atoms with E-state index in [0.717, 1.165) is 31.1 Å². The van der Waals surface area contributed by atoms with E-state index in [1.54, 1.807) is 12.2 Å². The van der Waals surface area contributed by atoms with Gasteiger partial charge in [-0.2, -0.15) is 0 Å². The van der Waals surface area contributed by atoms with Crippen LogP contribution in [0.5, 0.6) is 0 Å². The number of aliphatic imine (C=N–C) groups is 1. The van der Waals surface area contributed by atoms with Crippen LogP contribution in [0.3, 0.4) is 0 Å². The van der Waals surface area contributed by atoms with Gasteiger partial charge in [0.15, 0.2) is 0 Å².